The van der Waals surface area contributed by atoms with Crippen molar-refractivity contribution < 1.29 is 4.79 Å². The molecule has 0 spiro atoms. The van der Waals surface area contributed by atoms with Crippen molar-refractivity contribution >= 4 is 21.8 Å². The van der Waals surface area contributed by atoms with Gasteiger partial charge in [-0.25, -0.2) is 0 Å². The van der Waals surface area contributed by atoms with E-state index in [2.05, 4.69) is 26.6 Å². The molecule has 1 heterocycles. The van der Waals surface area contributed by atoms with Gasteiger partial charge in [-0.15, -0.1) is 0 Å². The molecule has 1 amide bonds. The molecule has 5 heteroatoms. The molecule has 0 aromatic heterocycles. The number of carbonyl (C=O) groups is 1. The molecule has 1 saturated heterocycles. The van der Waals surface area contributed by atoms with Gasteiger partial charge in [-0.3, -0.25) is 4.79 Å². The van der Waals surface area contributed by atoms with Gasteiger partial charge in [0.1, 0.15) is 5.54 Å². The van der Waals surface area contributed by atoms with Crippen LogP contribution in [0.25, 0.3) is 0 Å². The minimum atomic E-state index is -0.994. The third-order valence-electron chi connectivity index (χ3n) is 3.59. The molecule has 4 N–H and O–H groups in total. The summed E-state index contributed by atoms with van der Waals surface area (Å²) < 4.78 is 0.978. The van der Waals surface area contributed by atoms with E-state index in [-0.39, 0.29) is 11.9 Å². The van der Waals surface area contributed by atoms with Crippen LogP contribution in [0.4, 0.5) is 0 Å². The number of benzene rings is 1. The van der Waals surface area contributed by atoms with Crippen LogP contribution in [0, 0.1) is 0 Å². The molecule has 1 aromatic carbocycles. The van der Waals surface area contributed by atoms with Crippen molar-refractivity contribution in [3.05, 3.63) is 34.3 Å². The monoisotopic (exact) mass is 325 g/mol. The summed E-state index contributed by atoms with van der Waals surface area (Å²) in [4.78, 5) is 12.4. The summed E-state index contributed by atoms with van der Waals surface area (Å²) in [6.07, 6.45) is 1.92. The van der Waals surface area contributed by atoms with Crippen molar-refractivity contribution in [3.8, 4) is 0 Å². The first-order valence-electron chi connectivity index (χ1n) is 6.57. The smallest absolute Gasteiger partial charge is 0.244 e. The van der Waals surface area contributed by atoms with Gasteiger partial charge in [0.15, 0.2) is 0 Å². The second-order valence-electron chi connectivity index (χ2n) is 5.21. The summed E-state index contributed by atoms with van der Waals surface area (Å²) in [5.74, 6) is -0.110. The Morgan fingerprint density at radius 3 is 2.53 bits per heavy atom. The minimum absolute atomic E-state index is 0.110. The van der Waals surface area contributed by atoms with Gasteiger partial charge in [0.25, 0.3) is 0 Å². The van der Waals surface area contributed by atoms with Gasteiger partial charge in [0, 0.05) is 10.5 Å². The zero-order valence-electron chi connectivity index (χ0n) is 11.1. The second-order valence-corrected chi connectivity index (χ2v) is 6.12. The van der Waals surface area contributed by atoms with Gasteiger partial charge in [-0.2, -0.15) is 0 Å². The molecule has 19 heavy (non-hydrogen) atoms. The number of nitrogens with two attached hydrogens (primary N) is 1. The van der Waals surface area contributed by atoms with E-state index < -0.39 is 5.54 Å². The topological polar surface area (TPSA) is 67.2 Å². The summed E-state index contributed by atoms with van der Waals surface area (Å²) in [5.41, 5.74) is 6.03. The van der Waals surface area contributed by atoms with Crippen LogP contribution in [0.1, 0.15) is 25.3 Å². The molecular formula is C14H20BrN3O. The molecule has 1 aromatic rings. The first-order chi connectivity index (χ1) is 9.00. The van der Waals surface area contributed by atoms with Gasteiger partial charge in [0.2, 0.25) is 5.91 Å². The van der Waals surface area contributed by atoms with Gasteiger partial charge in [-0.1, -0.05) is 28.1 Å². The SMILES string of the molecule is CC(N)(C(=O)NC1CCNCC1)c1ccc(Br)cc1. The lowest BCUT2D eigenvalue weighted by atomic mass is 9.91. The molecule has 1 unspecified atom stereocenters. The van der Waals surface area contributed by atoms with E-state index in [1.807, 2.05) is 24.3 Å². The lowest BCUT2D eigenvalue weighted by Gasteiger charge is -2.29. The number of halogens is 1. The van der Waals surface area contributed by atoms with Crippen LogP contribution in [0.15, 0.2) is 28.7 Å². The van der Waals surface area contributed by atoms with E-state index in [4.69, 9.17) is 5.73 Å². The molecule has 1 aliphatic heterocycles. The number of carbonyl (C=O) groups excluding carboxylic acids is 1. The predicted molar refractivity (Wildman–Crippen MR) is 79.7 cm³/mol. The van der Waals surface area contributed by atoms with Crippen LogP contribution in [-0.2, 0) is 10.3 Å². The Hall–Kier alpha value is -0.910. The zero-order valence-corrected chi connectivity index (χ0v) is 12.7. The molecular weight excluding hydrogens is 306 g/mol. The number of hydrogen-bond donors (Lipinski definition) is 3. The first-order valence-corrected chi connectivity index (χ1v) is 7.36. The maximum atomic E-state index is 12.4. The molecule has 104 valence electrons. The maximum absolute atomic E-state index is 12.4. The Bertz CT molecular complexity index is 439. The van der Waals surface area contributed by atoms with Crippen LogP contribution >= 0.6 is 15.9 Å². The van der Waals surface area contributed by atoms with Crippen molar-refractivity contribution in [3.63, 3.8) is 0 Å². The largest absolute Gasteiger partial charge is 0.351 e. The van der Waals surface area contributed by atoms with Crippen molar-refractivity contribution in [2.24, 2.45) is 5.73 Å². The van der Waals surface area contributed by atoms with Crippen LogP contribution in [-0.4, -0.2) is 25.0 Å². The number of piperidine rings is 1. The Balaban J connectivity index is 2.05. The van der Waals surface area contributed by atoms with Crippen LogP contribution in [0.2, 0.25) is 0 Å². The molecule has 4 nitrogen and oxygen atoms in total. The Labute approximate surface area is 122 Å². The molecule has 1 aliphatic rings. The van der Waals surface area contributed by atoms with Crippen LogP contribution in [0.5, 0.6) is 0 Å². The average Bonchev–Trinajstić information content (AvgIpc) is 2.40. The van der Waals surface area contributed by atoms with Crippen molar-refractivity contribution in [2.75, 3.05) is 13.1 Å². The van der Waals surface area contributed by atoms with Gasteiger partial charge < -0.3 is 16.4 Å². The van der Waals surface area contributed by atoms with Crippen LogP contribution in [0.3, 0.4) is 0 Å². The fraction of sp³-hybridized carbons (Fsp3) is 0.500. The molecule has 0 saturated carbocycles. The van der Waals surface area contributed by atoms with Crippen LogP contribution < -0.4 is 16.4 Å². The number of nitrogens with one attached hydrogen (secondary N) is 2. The fourth-order valence-electron chi connectivity index (χ4n) is 2.23. The maximum Gasteiger partial charge on any atom is 0.244 e. The van der Waals surface area contributed by atoms with Gasteiger partial charge in [-0.05, 0) is 50.6 Å². The zero-order chi connectivity index (χ0) is 13.9. The van der Waals surface area contributed by atoms with Crippen molar-refractivity contribution in [1.82, 2.24) is 10.6 Å². The van der Waals surface area contributed by atoms with Gasteiger partial charge in [0.05, 0.1) is 0 Å². The van der Waals surface area contributed by atoms with E-state index in [1.165, 1.54) is 0 Å². The highest BCUT2D eigenvalue weighted by Gasteiger charge is 2.32. The van der Waals surface area contributed by atoms with Gasteiger partial charge >= 0.3 is 0 Å². The average molecular weight is 326 g/mol. The third kappa shape index (κ3) is 3.55. The van der Waals surface area contributed by atoms with E-state index in [0.29, 0.717) is 0 Å². The highest BCUT2D eigenvalue weighted by molar-refractivity contribution is 9.10. The third-order valence-corrected chi connectivity index (χ3v) is 4.12. The first kappa shape index (κ1) is 14.5. The molecule has 1 fully saturated rings. The summed E-state index contributed by atoms with van der Waals surface area (Å²) in [6, 6.07) is 7.79. The van der Waals surface area contributed by atoms with E-state index in [9.17, 15) is 4.79 Å². The lowest BCUT2D eigenvalue weighted by Crippen LogP contribution is -2.53. The quantitative estimate of drug-likeness (QED) is 0.788. The number of rotatable bonds is 3. The summed E-state index contributed by atoms with van der Waals surface area (Å²) >= 11 is 3.38. The lowest BCUT2D eigenvalue weighted by molar-refractivity contribution is -0.127. The van der Waals surface area contributed by atoms with Crippen molar-refractivity contribution in [1.29, 1.82) is 0 Å². The Morgan fingerprint density at radius 1 is 1.37 bits per heavy atom. The Morgan fingerprint density at radius 2 is 1.95 bits per heavy atom. The highest BCUT2D eigenvalue weighted by Crippen LogP contribution is 2.21. The standard InChI is InChI=1S/C14H20BrN3O/c1-14(16,10-2-4-11(15)5-3-10)13(19)18-12-6-8-17-9-7-12/h2-5,12,17H,6-9,16H2,1H3,(H,18,19). The number of hydrogen-bond acceptors (Lipinski definition) is 3. The molecule has 0 aliphatic carbocycles. The Kier molecular flexibility index (Phi) is 4.60. The highest BCUT2D eigenvalue weighted by atomic mass is 79.9. The number of amides is 1. The molecule has 0 radical (unpaired) electrons. The summed E-state index contributed by atoms with van der Waals surface area (Å²) in [5, 5.41) is 6.33. The van der Waals surface area contributed by atoms with E-state index >= 15 is 0 Å². The predicted octanol–water partition coefficient (Wildman–Crippen LogP) is 1.49. The molecule has 1 atom stereocenters. The summed E-state index contributed by atoms with van der Waals surface area (Å²) in [6.45, 7) is 3.65. The normalized spacial score (nSPS) is 19.7. The molecule has 2 rings (SSSR count). The van der Waals surface area contributed by atoms with E-state index in [1.54, 1.807) is 6.92 Å². The minimum Gasteiger partial charge on any atom is -0.351 e. The summed E-state index contributed by atoms with van der Waals surface area (Å²) in [7, 11) is 0. The molecule has 0 bridgehead atoms. The van der Waals surface area contributed by atoms with Crippen molar-refractivity contribution in [2.45, 2.75) is 31.3 Å². The van der Waals surface area contributed by atoms with E-state index in [0.717, 1.165) is 36.0 Å². The fourth-order valence-corrected chi connectivity index (χ4v) is 2.49. The second kappa shape index (κ2) is 6.03.